The van der Waals surface area contributed by atoms with Gasteiger partial charge >= 0.3 is 0 Å². The van der Waals surface area contributed by atoms with Gasteiger partial charge in [-0.3, -0.25) is 4.68 Å². The lowest BCUT2D eigenvalue weighted by molar-refractivity contribution is 0.0511. The summed E-state index contributed by atoms with van der Waals surface area (Å²) in [5, 5.41) is 6.34. The number of aryl methyl sites for hydroxylation is 2. The van der Waals surface area contributed by atoms with E-state index in [1.807, 2.05) is 32.4 Å². The third kappa shape index (κ3) is 4.42. The highest BCUT2D eigenvalue weighted by atomic mass is 16.7. The summed E-state index contributed by atoms with van der Waals surface area (Å²) in [5.41, 5.74) is 4.13. The number of fused-ring (bicyclic) bond motifs is 2. The van der Waals surface area contributed by atoms with Crippen LogP contribution in [0.15, 0.2) is 24.5 Å². The van der Waals surface area contributed by atoms with E-state index in [2.05, 4.69) is 35.1 Å². The number of pyridine rings is 1. The molecule has 190 valence electrons. The minimum atomic E-state index is 0.100. The van der Waals surface area contributed by atoms with Crippen molar-refractivity contribution in [2.45, 2.75) is 25.8 Å². The molecule has 36 heavy (non-hydrogen) atoms. The third-order valence-corrected chi connectivity index (χ3v) is 6.91. The van der Waals surface area contributed by atoms with E-state index in [-0.39, 0.29) is 6.79 Å². The maximum absolute atomic E-state index is 5.98. The van der Waals surface area contributed by atoms with Crippen LogP contribution < -0.4 is 14.4 Å². The molecule has 1 aromatic carbocycles. The van der Waals surface area contributed by atoms with Crippen molar-refractivity contribution in [1.29, 1.82) is 0 Å². The normalized spacial score (nSPS) is 14.8. The molecular formula is C26H33N7O3. The molecule has 0 unspecified atom stereocenters. The Kier molecular flexibility index (Phi) is 6.63. The topological polar surface area (TPSA) is 90.7 Å². The van der Waals surface area contributed by atoms with Crippen molar-refractivity contribution in [3.63, 3.8) is 0 Å². The number of piperidine rings is 1. The van der Waals surface area contributed by atoms with Crippen LogP contribution in [0.25, 0.3) is 33.3 Å². The number of methoxy groups -OCH3 is 2. The van der Waals surface area contributed by atoms with Crippen molar-refractivity contribution < 1.29 is 14.2 Å². The van der Waals surface area contributed by atoms with Crippen molar-refractivity contribution in [2.24, 2.45) is 7.05 Å². The number of hydrogen-bond acceptors (Lipinski definition) is 9. The fraction of sp³-hybridized carbons (Fsp3) is 0.462. The second-order valence-corrected chi connectivity index (χ2v) is 9.47. The second-order valence-electron chi connectivity index (χ2n) is 9.47. The quantitative estimate of drug-likeness (QED) is 0.361. The molecule has 10 heteroatoms. The molecule has 0 N–H and O–H groups in total. The van der Waals surface area contributed by atoms with Crippen LogP contribution in [-0.2, 0) is 11.8 Å². The summed E-state index contributed by atoms with van der Waals surface area (Å²) in [6.45, 7) is 4.05. The number of nitrogens with zero attached hydrogens (tertiary/aromatic N) is 7. The highest BCUT2D eigenvalue weighted by molar-refractivity contribution is 5.92. The zero-order valence-electron chi connectivity index (χ0n) is 21.8. The first kappa shape index (κ1) is 24.2. The van der Waals surface area contributed by atoms with E-state index in [9.17, 15) is 0 Å². The fourth-order valence-corrected chi connectivity index (χ4v) is 4.97. The molecule has 1 aliphatic rings. The maximum Gasteiger partial charge on any atom is 0.226 e. The number of rotatable bonds is 7. The summed E-state index contributed by atoms with van der Waals surface area (Å²) in [6.07, 6.45) is 6.11. The van der Waals surface area contributed by atoms with Crippen LogP contribution in [0.4, 0.5) is 5.69 Å². The van der Waals surface area contributed by atoms with Gasteiger partial charge in [-0.2, -0.15) is 10.1 Å². The SMILES string of the molecule is COCOc1c(-c2nc(OC)c3cc(N4CCC(N(C)C)CC4)cnc3n2)cc2cn(C)nc2c1C. The predicted octanol–water partition coefficient (Wildman–Crippen LogP) is 3.41. The number of anilines is 1. The Labute approximate surface area is 210 Å². The molecule has 0 atom stereocenters. The molecule has 1 fully saturated rings. The molecule has 0 amide bonds. The first-order valence-electron chi connectivity index (χ1n) is 12.1. The standard InChI is InChI=1S/C26H33N7O3/c1-16-22-17(14-32(4)30-22)11-20(23(16)36-15-34-5)25-28-24-21(26(29-25)35-6)12-19(13-27-24)33-9-7-18(8-10-33)31(2)3/h11-14,18H,7-10,15H2,1-6H3. The average Bonchev–Trinajstić information content (AvgIpc) is 3.27. The van der Waals surface area contributed by atoms with E-state index in [1.54, 1.807) is 18.9 Å². The molecule has 1 aliphatic heterocycles. The van der Waals surface area contributed by atoms with Gasteiger partial charge in [0.25, 0.3) is 0 Å². The Balaban J connectivity index is 1.57. The van der Waals surface area contributed by atoms with Gasteiger partial charge in [-0.15, -0.1) is 0 Å². The summed E-state index contributed by atoms with van der Waals surface area (Å²) >= 11 is 0. The van der Waals surface area contributed by atoms with Crippen LogP contribution in [0.3, 0.4) is 0 Å². The minimum Gasteiger partial charge on any atom is -0.480 e. The van der Waals surface area contributed by atoms with Gasteiger partial charge in [0, 0.05) is 50.4 Å². The molecule has 4 aromatic rings. The van der Waals surface area contributed by atoms with E-state index < -0.39 is 0 Å². The molecule has 0 radical (unpaired) electrons. The van der Waals surface area contributed by atoms with E-state index >= 15 is 0 Å². The summed E-state index contributed by atoms with van der Waals surface area (Å²) in [4.78, 5) is 19.0. The molecule has 0 aliphatic carbocycles. The Morgan fingerprint density at radius 1 is 1.11 bits per heavy atom. The highest BCUT2D eigenvalue weighted by Gasteiger charge is 2.23. The highest BCUT2D eigenvalue weighted by Crippen LogP contribution is 2.38. The Bertz CT molecular complexity index is 1390. The maximum atomic E-state index is 5.98. The van der Waals surface area contributed by atoms with Crippen LogP contribution in [-0.4, -0.2) is 83.9 Å². The van der Waals surface area contributed by atoms with Crippen LogP contribution >= 0.6 is 0 Å². The lowest BCUT2D eigenvalue weighted by Gasteiger charge is -2.36. The molecule has 3 aromatic heterocycles. The summed E-state index contributed by atoms with van der Waals surface area (Å²) in [7, 11) is 9.41. The molecular weight excluding hydrogens is 458 g/mol. The zero-order chi connectivity index (χ0) is 25.4. The lowest BCUT2D eigenvalue weighted by Crippen LogP contribution is -2.42. The van der Waals surface area contributed by atoms with E-state index in [1.165, 1.54) is 0 Å². The average molecular weight is 492 g/mol. The Hall–Kier alpha value is -3.50. The number of hydrogen-bond donors (Lipinski definition) is 0. The van der Waals surface area contributed by atoms with Gasteiger partial charge in [0.05, 0.1) is 35.5 Å². The second kappa shape index (κ2) is 9.87. The first-order chi connectivity index (χ1) is 17.4. The summed E-state index contributed by atoms with van der Waals surface area (Å²) < 4.78 is 18.7. The molecule has 1 saturated heterocycles. The van der Waals surface area contributed by atoms with Crippen LogP contribution in [0, 0.1) is 6.92 Å². The van der Waals surface area contributed by atoms with Crippen LogP contribution in [0.5, 0.6) is 11.6 Å². The van der Waals surface area contributed by atoms with Crippen LogP contribution in [0.1, 0.15) is 18.4 Å². The summed E-state index contributed by atoms with van der Waals surface area (Å²) in [6, 6.07) is 4.69. The van der Waals surface area contributed by atoms with Crippen molar-refractivity contribution in [3.05, 3.63) is 30.1 Å². The summed E-state index contributed by atoms with van der Waals surface area (Å²) in [5.74, 6) is 1.59. The molecule has 0 bridgehead atoms. The first-order valence-corrected chi connectivity index (χ1v) is 12.1. The molecule has 5 rings (SSSR count). The van der Waals surface area contributed by atoms with Crippen molar-refractivity contribution >= 4 is 27.6 Å². The minimum absolute atomic E-state index is 0.100. The molecule has 0 saturated carbocycles. The largest absolute Gasteiger partial charge is 0.480 e. The molecule has 0 spiro atoms. The number of ether oxygens (including phenoxy) is 3. The van der Waals surface area contributed by atoms with Crippen molar-refractivity contribution in [3.8, 4) is 23.0 Å². The third-order valence-electron chi connectivity index (χ3n) is 6.91. The monoisotopic (exact) mass is 491 g/mol. The Morgan fingerprint density at radius 3 is 2.58 bits per heavy atom. The predicted molar refractivity (Wildman–Crippen MR) is 140 cm³/mol. The zero-order valence-corrected chi connectivity index (χ0v) is 21.8. The van der Waals surface area contributed by atoms with Gasteiger partial charge in [0.1, 0.15) is 5.75 Å². The van der Waals surface area contributed by atoms with Gasteiger partial charge in [-0.1, -0.05) is 0 Å². The molecule has 4 heterocycles. The van der Waals surface area contributed by atoms with Crippen LogP contribution in [0.2, 0.25) is 0 Å². The number of aromatic nitrogens is 5. The van der Waals surface area contributed by atoms with Gasteiger partial charge < -0.3 is 24.0 Å². The van der Waals surface area contributed by atoms with Gasteiger partial charge in [0.15, 0.2) is 18.3 Å². The van der Waals surface area contributed by atoms with Crippen molar-refractivity contribution in [1.82, 2.24) is 29.6 Å². The fourth-order valence-electron chi connectivity index (χ4n) is 4.97. The van der Waals surface area contributed by atoms with Crippen molar-refractivity contribution in [2.75, 3.05) is 53.1 Å². The van der Waals surface area contributed by atoms with E-state index in [0.717, 1.165) is 59.0 Å². The smallest absolute Gasteiger partial charge is 0.226 e. The van der Waals surface area contributed by atoms with Gasteiger partial charge in [-0.25, -0.2) is 9.97 Å². The molecule has 10 nitrogen and oxygen atoms in total. The van der Waals surface area contributed by atoms with E-state index in [4.69, 9.17) is 29.2 Å². The van der Waals surface area contributed by atoms with E-state index in [0.29, 0.717) is 29.1 Å². The van der Waals surface area contributed by atoms with Gasteiger partial charge in [-0.05, 0) is 46.0 Å². The Morgan fingerprint density at radius 2 is 1.89 bits per heavy atom. The van der Waals surface area contributed by atoms with Gasteiger partial charge in [0.2, 0.25) is 5.88 Å². The lowest BCUT2D eigenvalue weighted by atomic mass is 10.0. The number of benzene rings is 1.